The molecule has 0 aliphatic heterocycles. The predicted molar refractivity (Wildman–Crippen MR) is 61.2 cm³/mol. The minimum atomic E-state index is -0.526. The Kier molecular flexibility index (Phi) is 3.08. The molecule has 7 heteroatoms. The highest BCUT2D eigenvalue weighted by Crippen LogP contribution is 2.26. The summed E-state index contributed by atoms with van der Waals surface area (Å²) in [5.74, 6) is 0. The van der Waals surface area contributed by atoms with Gasteiger partial charge in [-0.1, -0.05) is 11.6 Å². The summed E-state index contributed by atoms with van der Waals surface area (Å²) in [4.78, 5) is 10.4. The van der Waals surface area contributed by atoms with Crippen molar-refractivity contribution in [2.24, 2.45) is 0 Å². The first kappa shape index (κ1) is 11.6. The number of nitro groups is 1. The molecule has 6 nitrogen and oxygen atoms in total. The van der Waals surface area contributed by atoms with Crippen LogP contribution in [0, 0.1) is 10.1 Å². The first-order valence-electron chi connectivity index (χ1n) is 4.71. The zero-order valence-corrected chi connectivity index (χ0v) is 9.33. The molecule has 17 heavy (non-hydrogen) atoms. The molecule has 88 valence electrons. The maximum atomic E-state index is 10.9. The van der Waals surface area contributed by atoms with Gasteiger partial charge in [-0.2, -0.15) is 5.10 Å². The van der Waals surface area contributed by atoms with Gasteiger partial charge in [0.2, 0.25) is 0 Å². The van der Waals surface area contributed by atoms with Gasteiger partial charge >= 0.3 is 0 Å². The summed E-state index contributed by atoms with van der Waals surface area (Å²) in [6.07, 6.45) is 1.54. The summed E-state index contributed by atoms with van der Waals surface area (Å²) in [6.45, 7) is -0.214. The van der Waals surface area contributed by atoms with Crippen LogP contribution in [0.1, 0.15) is 5.69 Å². The molecular weight excluding hydrogens is 246 g/mol. The van der Waals surface area contributed by atoms with Crippen LogP contribution in [0.4, 0.5) is 5.69 Å². The number of rotatable bonds is 3. The van der Waals surface area contributed by atoms with Crippen LogP contribution in [0.2, 0.25) is 5.02 Å². The van der Waals surface area contributed by atoms with Gasteiger partial charge in [0, 0.05) is 17.3 Å². The number of aromatic nitrogens is 2. The second-order valence-corrected chi connectivity index (χ2v) is 3.74. The van der Waals surface area contributed by atoms with Gasteiger partial charge in [-0.25, -0.2) is 4.68 Å². The number of hydrogen-bond acceptors (Lipinski definition) is 4. The van der Waals surface area contributed by atoms with Gasteiger partial charge in [0.25, 0.3) is 5.69 Å². The average molecular weight is 254 g/mol. The second-order valence-electron chi connectivity index (χ2n) is 3.30. The molecule has 1 aromatic heterocycles. The lowest BCUT2D eigenvalue weighted by molar-refractivity contribution is -0.384. The SMILES string of the molecule is O=[N+]([O-])c1cc(Cl)ccc1-n1ccc(CO)n1. The lowest BCUT2D eigenvalue weighted by Crippen LogP contribution is -2.01. The maximum Gasteiger partial charge on any atom is 0.296 e. The molecule has 0 aliphatic rings. The lowest BCUT2D eigenvalue weighted by atomic mass is 10.3. The third-order valence-corrected chi connectivity index (χ3v) is 2.42. The molecule has 0 atom stereocenters. The van der Waals surface area contributed by atoms with Crippen molar-refractivity contribution >= 4 is 17.3 Å². The van der Waals surface area contributed by atoms with Gasteiger partial charge in [0.05, 0.1) is 17.2 Å². The fourth-order valence-electron chi connectivity index (χ4n) is 1.42. The smallest absolute Gasteiger partial charge is 0.296 e. The molecule has 0 aliphatic carbocycles. The van der Waals surface area contributed by atoms with Crippen LogP contribution >= 0.6 is 11.6 Å². The molecular formula is C10H8ClN3O3. The summed E-state index contributed by atoms with van der Waals surface area (Å²) in [7, 11) is 0. The molecule has 1 aromatic carbocycles. The number of benzene rings is 1. The standard InChI is InChI=1S/C10H8ClN3O3/c11-7-1-2-9(10(5-7)14(16)17)13-4-3-8(6-15)12-13/h1-5,15H,6H2. The van der Waals surface area contributed by atoms with E-state index in [2.05, 4.69) is 5.10 Å². The van der Waals surface area contributed by atoms with Gasteiger partial charge in [-0.3, -0.25) is 10.1 Å². The number of aliphatic hydroxyl groups excluding tert-OH is 1. The highest BCUT2D eigenvalue weighted by molar-refractivity contribution is 6.30. The molecule has 1 heterocycles. The molecule has 0 bridgehead atoms. The molecule has 2 rings (SSSR count). The molecule has 0 saturated heterocycles. The van der Waals surface area contributed by atoms with E-state index in [1.54, 1.807) is 18.3 Å². The molecule has 1 N–H and O–H groups in total. The zero-order chi connectivity index (χ0) is 12.4. The van der Waals surface area contributed by atoms with E-state index < -0.39 is 4.92 Å². The maximum absolute atomic E-state index is 10.9. The largest absolute Gasteiger partial charge is 0.390 e. The predicted octanol–water partition coefficient (Wildman–Crippen LogP) is 1.93. The van der Waals surface area contributed by atoms with E-state index in [-0.39, 0.29) is 17.3 Å². The Morgan fingerprint density at radius 2 is 2.24 bits per heavy atom. The van der Waals surface area contributed by atoms with Crippen molar-refractivity contribution in [3.63, 3.8) is 0 Å². The summed E-state index contributed by atoms with van der Waals surface area (Å²) >= 11 is 5.71. The lowest BCUT2D eigenvalue weighted by Gasteiger charge is -2.03. The number of aliphatic hydroxyl groups is 1. The summed E-state index contributed by atoms with van der Waals surface area (Å²) in [5.41, 5.74) is 0.610. The van der Waals surface area contributed by atoms with Crippen molar-refractivity contribution in [2.75, 3.05) is 0 Å². The third kappa shape index (κ3) is 2.27. The first-order valence-corrected chi connectivity index (χ1v) is 5.09. The fraction of sp³-hybridized carbons (Fsp3) is 0.100. The van der Waals surface area contributed by atoms with E-state index in [1.807, 2.05) is 0 Å². The van der Waals surface area contributed by atoms with Crippen molar-refractivity contribution < 1.29 is 10.0 Å². The van der Waals surface area contributed by atoms with Crippen LogP contribution in [0.15, 0.2) is 30.5 Å². The molecule has 0 fully saturated rings. The van der Waals surface area contributed by atoms with Crippen LogP contribution in [0.5, 0.6) is 0 Å². The summed E-state index contributed by atoms with van der Waals surface area (Å²) in [6, 6.07) is 5.90. The van der Waals surface area contributed by atoms with Crippen LogP contribution in [0.25, 0.3) is 5.69 Å². The molecule has 0 amide bonds. The van der Waals surface area contributed by atoms with Crippen molar-refractivity contribution in [1.82, 2.24) is 9.78 Å². The molecule has 0 unspecified atom stereocenters. The fourth-order valence-corrected chi connectivity index (χ4v) is 1.58. The number of nitrogens with zero attached hydrogens (tertiary/aromatic N) is 3. The van der Waals surface area contributed by atoms with Crippen molar-refractivity contribution in [3.8, 4) is 5.69 Å². The van der Waals surface area contributed by atoms with E-state index in [0.29, 0.717) is 11.4 Å². The van der Waals surface area contributed by atoms with Crippen LogP contribution in [0.3, 0.4) is 0 Å². The molecule has 0 spiro atoms. The molecule has 2 aromatic rings. The summed E-state index contributed by atoms with van der Waals surface area (Å²) in [5, 5.41) is 24.0. The zero-order valence-electron chi connectivity index (χ0n) is 8.58. The van der Waals surface area contributed by atoms with Crippen molar-refractivity contribution in [1.29, 1.82) is 0 Å². The van der Waals surface area contributed by atoms with E-state index >= 15 is 0 Å². The van der Waals surface area contributed by atoms with Crippen LogP contribution < -0.4 is 0 Å². The van der Waals surface area contributed by atoms with E-state index in [9.17, 15) is 10.1 Å². The minimum absolute atomic E-state index is 0.134. The Balaban J connectivity index is 2.54. The van der Waals surface area contributed by atoms with E-state index in [0.717, 1.165) is 0 Å². The van der Waals surface area contributed by atoms with Gasteiger partial charge in [-0.15, -0.1) is 0 Å². The van der Waals surface area contributed by atoms with E-state index in [4.69, 9.17) is 16.7 Å². The van der Waals surface area contributed by atoms with Crippen molar-refractivity contribution in [3.05, 3.63) is 51.3 Å². The van der Waals surface area contributed by atoms with Gasteiger partial charge in [-0.05, 0) is 18.2 Å². The Morgan fingerprint density at radius 3 is 2.82 bits per heavy atom. The quantitative estimate of drug-likeness (QED) is 0.669. The van der Waals surface area contributed by atoms with E-state index in [1.165, 1.54) is 16.8 Å². The second kappa shape index (κ2) is 4.52. The van der Waals surface area contributed by atoms with Gasteiger partial charge in [0.15, 0.2) is 0 Å². The highest BCUT2D eigenvalue weighted by atomic mass is 35.5. The average Bonchev–Trinajstić information content (AvgIpc) is 2.77. The highest BCUT2D eigenvalue weighted by Gasteiger charge is 2.16. The van der Waals surface area contributed by atoms with Crippen LogP contribution in [-0.2, 0) is 6.61 Å². The Morgan fingerprint density at radius 1 is 1.47 bits per heavy atom. The number of halogens is 1. The Bertz CT molecular complexity index is 568. The minimum Gasteiger partial charge on any atom is -0.390 e. The Hall–Kier alpha value is -1.92. The molecule has 0 radical (unpaired) electrons. The van der Waals surface area contributed by atoms with Gasteiger partial charge in [0.1, 0.15) is 5.69 Å². The monoisotopic (exact) mass is 253 g/mol. The first-order chi connectivity index (χ1) is 8.11. The van der Waals surface area contributed by atoms with Crippen LogP contribution in [-0.4, -0.2) is 19.8 Å². The molecule has 0 saturated carbocycles. The Labute approximate surface area is 101 Å². The summed E-state index contributed by atoms with van der Waals surface area (Å²) < 4.78 is 1.33. The van der Waals surface area contributed by atoms with Crippen molar-refractivity contribution in [2.45, 2.75) is 6.61 Å². The van der Waals surface area contributed by atoms with Gasteiger partial charge < -0.3 is 5.11 Å². The topological polar surface area (TPSA) is 81.2 Å². The number of hydrogen-bond donors (Lipinski definition) is 1. The third-order valence-electron chi connectivity index (χ3n) is 2.19. The normalized spacial score (nSPS) is 10.5. The number of nitro benzene ring substituents is 1.